The van der Waals surface area contributed by atoms with E-state index in [1.165, 1.54) is 0 Å². The Morgan fingerprint density at radius 2 is 1.88 bits per heavy atom. The number of fused-ring (bicyclic) bond motifs is 1. The molecule has 1 fully saturated rings. The first-order valence-corrected chi connectivity index (χ1v) is 15.7. The number of carboxylic acid groups (broad SMARTS) is 1. The minimum Gasteiger partial charge on any atom is -0.497 e. The van der Waals surface area contributed by atoms with E-state index in [4.69, 9.17) is 26.1 Å². The van der Waals surface area contributed by atoms with Crippen LogP contribution in [0.4, 0.5) is 0 Å². The number of carbonyl (C=O) groups is 1. The summed E-state index contributed by atoms with van der Waals surface area (Å²) in [6.45, 7) is 3.85. The normalized spacial score (nSPS) is 15.0. The van der Waals surface area contributed by atoms with Crippen LogP contribution in [0.3, 0.4) is 0 Å². The van der Waals surface area contributed by atoms with Gasteiger partial charge in [-0.1, -0.05) is 54.1 Å². The van der Waals surface area contributed by atoms with E-state index in [9.17, 15) is 15.0 Å². The summed E-state index contributed by atoms with van der Waals surface area (Å²) in [7, 11) is 1.59. The topological polar surface area (TPSA) is 88.9 Å². The predicted octanol–water partition coefficient (Wildman–Crippen LogP) is 8.40. The van der Waals surface area contributed by atoms with Crippen LogP contribution in [0.1, 0.15) is 60.7 Å². The fourth-order valence-electron chi connectivity index (χ4n) is 5.38. The lowest BCUT2D eigenvalue weighted by Gasteiger charge is -2.27. The number of aliphatic carboxylic acids is 1. The van der Waals surface area contributed by atoms with Crippen molar-refractivity contribution in [1.82, 2.24) is 4.98 Å². The van der Waals surface area contributed by atoms with Crippen molar-refractivity contribution in [2.75, 3.05) is 19.5 Å². The molecule has 43 heavy (non-hydrogen) atoms. The number of methoxy groups -OCH3 is 1. The molecule has 1 saturated carbocycles. The molecular formula is C35H36ClNO5S. The highest BCUT2D eigenvalue weighted by Crippen LogP contribution is 2.62. The third kappa shape index (κ3) is 7.71. The number of carboxylic acids is 1. The molecule has 0 spiro atoms. The van der Waals surface area contributed by atoms with E-state index >= 15 is 0 Å². The van der Waals surface area contributed by atoms with E-state index in [0.29, 0.717) is 34.4 Å². The third-order valence-electron chi connectivity index (χ3n) is 7.76. The zero-order chi connectivity index (χ0) is 30.6. The Kier molecular flexibility index (Phi) is 9.35. The molecule has 1 aliphatic rings. The second kappa shape index (κ2) is 13.0. The zero-order valence-corrected chi connectivity index (χ0v) is 26.1. The maximum Gasteiger partial charge on any atom is 0.303 e. The van der Waals surface area contributed by atoms with Gasteiger partial charge in [0.1, 0.15) is 11.5 Å². The fourth-order valence-corrected chi connectivity index (χ4v) is 6.98. The van der Waals surface area contributed by atoms with Crippen molar-refractivity contribution in [3.8, 4) is 11.5 Å². The van der Waals surface area contributed by atoms with Gasteiger partial charge >= 0.3 is 5.97 Å². The van der Waals surface area contributed by atoms with Gasteiger partial charge in [-0.05, 0) is 85.7 Å². The van der Waals surface area contributed by atoms with Crippen LogP contribution in [-0.4, -0.2) is 40.6 Å². The molecule has 1 heterocycles. The van der Waals surface area contributed by atoms with Crippen molar-refractivity contribution in [1.29, 1.82) is 0 Å². The standard InChI is InChI=1S/C35H36ClNO5S/c1-34(2,40)29-21-28(41-3)13-14-31(29)42-17-18-43-33(35(15-16-35)22-32(38)39)25-6-4-5-23(19-25)7-11-27-12-9-24-8-10-26(36)20-30(24)37-27/h4-14,19-21,33,40H,15-18,22H2,1-3H3,(H,38,39)/b11-7+/t33-/m1/s1. The first-order valence-electron chi connectivity index (χ1n) is 14.3. The van der Waals surface area contributed by atoms with Crippen molar-refractivity contribution in [2.24, 2.45) is 5.41 Å². The maximum absolute atomic E-state index is 11.8. The molecule has 0 bridgehead atoms. The van der Waals surface area contributed by atoms with E-state index in [1.54, 1.807) is 38.8 Å². The Labute approximate surface area is 261 Å². The summed E-state index contributed by atoms with van der Waals surface area (Å²) in [5, 5.41) is 22.1. The number of rotatable bonds is 13. The monoisotopic (exact) mass is 617 g/mol. The first-order chi connectivity index (χ1) is 20.6. The number of aromatic nitrogens is 1. The Bertz CT molecular complexity index is 1640. The second-order valence-electron chi connectivity index (χ2n) is 11.5. The predicted molar refractivity (Wildman–Crippen MR) is 175 cm³/mol. The van der Waals surface area contributed by atoms with E-state index in [1.807, 2.05) is 66.7 Å². The quantitative estimate of drug-likeness (QED) is 0.146. The molecular weight excluding hydrogens is 582 g/mol. The minimum atomic E-state index is -1.09. The van der Waals surface area contributed by atoms with E-state index in [2.05, 4.69) is 12.1 Å². The van der Waals surface area contributed by atoms with Crippen LogP contribution < -0.4 is 9.47 Å². The Hall–Kier alpha value is -3.52. The summed E-state index contributed by atoms with van der Waals surface area (Å²) in [5.74, 6) is 1.14. The average Bonchev–Trinajstić information content (AvgIpc) is 3.74. The van der Waals surface area contributed by atoms with E-state index in [-0.39, 0.29) is 17.1 Å². The molecule has 0 unspecified atom stereocenters. The molecule has 1 aromatic heterocycles. The van der Waals surface area contributed by atoms with Crippen LogP contribution in [0.15, 0.2) is 72.8 Å². The number of thioether (sulfide) groups is 1. The molecule has 4 aromatic rings. The van der Waals surface area contributed by atoms with Crippen LogP contribution in [0, 0.1) is 5.41 Å². The van der Waals surface area contributed by atoms with Gasteiger partial charge in [-0.3, -0.25) is 4.79 Å². The molecule has 6 nitrogen and oxygen atoms in total. The van der Waals surface area contributed by atoms with Gasteiger partial charge in [-0.25, -0.2) is 4.98 Å². The number of benzene rings is 3. The number of pyridine rings is 1. The molecule has 3 aromatic carbocycles. The van der Waals surface area contributed by atoms with Crippen molar-refractivity contribution in [3.05, 3.63) is 100 Å². The van der Waals surface area contributed by atoms with Gasteiger partial charge in [-0.15, -0.1) is 11.8 Å². The van der Waals surface area contributed by atoms with Gasteiger partial charge in [0.2, 0.25) is 0 Å². The summed E-state index contributed by atoms with van der Waals surface area (Å²) < 4.78 is 11.5. The molecule has 0 amide bonds. The van der Waals surface area contributed by atoms with Gasteiger partial charge < -0.3 is 19.7 Å². The van der Waals surface area contributed by atoms with Crippen molar-refractivity contribution >= 4 is 52.4 Å². The van der Waals surface area contributed by atoms with Crippen molar-refractivity contribution in [2.45, 2.75) is 44.0 Å². The summed E-state index contributed by atoms with van der Waals surface area (Å²) in [6.07, 6.45) is 5.91. The van der Waals surface area contributed by atoms with E-state index < -0.39 is 11.6 Å². The van der Waals surface area contributed by atoms with Crippen LogP contribution in [-0.2, 0) is 10.4 Å². The lowest BCUT2D eigenvalue weighted by molar-refractivity contribution is -0.138. The van der Waals surface area contributed by atoms with Crippen molar-refractivity contribution < 1.29 is 24.5 Å². The molecule has 0 saturated heterocycles. The number of hydrogen-bond donors (Lipinski definition) is 2. The second-order valence-corrected chi connectivity index (χ2v) is 13.2. The SMILES string of the molecule is COc1ccc(OCCS[C@H](c2cccc(/C=C/c3ccc4ccc(Cl)cc4n3)c2)C2(CC(=O)O)CC2)c(C(C)(C)O)c1. The summed E-state index contributed by atoms with van der Waals surface area (Å²) in [4.78, 5) is 16.6. The van der Waals surface area contributed by atoms with Crippen LogP contribution >= 0.6 is 23.4 Å². The Morgan fingerprint density at radius 1 is 1.09 bits per heavy atom. The Balaban J connectivity index is 1.32. The number of hydrogen-bond acceptors (Lipinski definition) is 6. The summed E-state index contributed by atoms with van der Waals surface area (Å²) in [6, 6.07) is 23.4. The van der Waals surface area contributed by atoms with Crippen LogP contribution in [0.5, 0.6) is 11.5 Å². The number of aliphatic hydroxyl groups is 1. The van der Waals surface area contributed by atoms with Gasteiger partial charge in [0, 0.05) is 27.0 Å². The largest absolute Gasteiger partial charge is 0.497 e. The lowest BCUT2D eigenvalue weighted by atomic mass is 9.91. The van der Waals surface area contributed by atoms with Crippen molar-refractivity contribution in [3.63, 3.8) is 0 Å². The fraction of sp³-hybridized carbons (Fsp3) is 0.314. The van der Waals surface area contributed by atoms with Gasteiger partial charge in [-0.2, -0.15) is 0 Å². The van der Waals surface area contributed by atoms with Gasteiger partial charge in [0.05, 0.1) is 36.9 Å². The molecule has 0 radical (unpaired) electrons. The highest BCUT2D eigenvalue weighted by Gasteiger charge is 2.51. The number of halogens is 1. The highest BCUT2D eigenvalue weighted by molar-refractivity contribution is 7.99. The smallest absolute Gasteiger partial charge is 0.303 e. The molecule has 224 valence electrons. The molecule has 2 N–H and O–H groups in total. The Morgan fingerprint density at radius 3 is 2.60 bits per heavy atom. The van der Waals surface area contributed by atoms with E-state index in [0.717, 1.165) is 40.6 Å². The zero-order valence-electron chi connectivity index (χ0n) is 24.5. The third-order valence-corrected chi connectivity index (χ3v) is 9.50. The van der Waals surface area contributed by atoms with Crippen LogP contribution in [0.25, 0.3) is 23.1 Å². The molecule has 8 heteroatoms. The van der Waals surface area contributed by atoms with Gasteiger partial charge in [0.15, 0.2) is 0 Å². The summed E-state index contributed by atoms with van der Waals surface area (Å²) in [5.41, 5.74) is 3.07. The van der Waals surface area contributed by atoms with Gasteiger partial charge in [0.25, 0.3) is 0 Å². The van der Waals surface area contributed by atoms with Crippen LogP contribution in [0.2, 0.25) is 5.02 Å². The highest BCUT2D eigenvalue weighted by atomic mass is 35.5. The molecule has 1 atom stereocenters. The molecule has 0 aliphatic heterocycles. The maximum atomic E-state index is 11.8. The first kappa shape index (κ1) is 30.9. The number of ether oxygens (including phenoxy) is 2. The average molecular weight is 618 g/mol. The number of nitrogens with zero attached hydrogens (tertiary/aromatic N) is 1. The molecule has 5 rings (SSSR count). The summed E-state index contributed by atoms with van der Waals surface area (Å²) >= 11 is 7.89. The lowest BCUT2D eigenvalue weighted by Crippen LogP contribution is -2.19. The minimum absolute atomic E-state index is 0.00565. The molecule has 1 aliphatic carbocycles.